The molecule has 2 saturated heterocycles. The minimum absolute atomic E-state index is 0.0600. The Morgan fingerprint density at radius 3 is 2.41 bits per heavy atom. The van der Waals surface area contributed by atoms with Gasteiger partial charge in [-0.2, -0.15) is 0 Å². The van der Waals surface area contributed by atoms with Crippen LogP contribution in [0.5, 0.6) is 0 Å². The van der Waals surface area contributed by atoms with Gasteiger partial charge in [0.15, 0.2) is 0 Å². The van der Waals surface area contributed by atoms with Gasteiger partial charge in [-0.3, -0.25) is 4.79 Å². The molecule has 1 aliphatic carbocycles. The summed E-state index contributed by atoms with van der Waals surface area (Å²) in [5, 5.41) is 0. The van der Waals surface area contributed by atoms with Crippen LogP contribution in [0.3, 0.4) is 0 Å². The molecule has 3 heterocycles. The van der Waals surface area contributed by atoms with Gasteiger partial charge in [0.25, 0.3) is 0 Å². The van der Waals surface area contributed by atoms with E-state index >= 15 is 0 Å². The van der Waals surface area contributed by atoms with Crippen molar-refractivity contribution >= 4 is 12.0 Å². The molecule has 2 unspecified atom stereocenters. The topological polar surface area (TPSA) is 53.1 Å². The highest BCUT2D eigenvalue weighted by atomic mass is 19.1. The van der Waals surface area contributed by atoms with Crippen LogP contribution in [0.15, 0.2) is 23.4 Å². The van der Waals surface area contributed by atoms with Gasteiger partial charge >= 0.3 is 6.09 Å². The summed E-state index contributed by atoms with van der Waals surface area (Å²) in [4.78, 5) is 31.7. The van der Waals surface area contributed by atoms with Crippen molar-refractivity contribution in [1.82, 2.24) is 14.7 Å². The summed E-state index contributed by atoms with van der Waals surface area (Å²) in [6.07, 6.45) is 9.26. The summed E-state index contributed by atoms with van der Waals surface area (Å²) in [5.41, 5.74) is 2.16. The molecule has 0 spiro atoms. The Labute approximate surface area is 191 Å². The van der Waals surface area contributed by atoms with Crippen LogP contribution in [0.25, 0.3) is 0 Å². The Balaban J connectivity index is 1.36. The van der Waals surface area contributed by atoms with Gasteiger partial charge in [0.1, 0.15) is 6.17 Å². The number of halogens is 1. The molecule has 2 fully saturated rings. The van der Waals surface area contributed by atoms with Crippen molar-refractivity contribution in [2.45, 2.75) is 83.5 Å². The Kier molecular flexibility index (Phi) is 7.54. The molecule has 4 rings (SSSR count). The second-order valence-corrected chi connectivity index (χ2v) is 9.56. The number of likely N-dealkylation sites (tertiary alicyclic amines) is 2. The van der Waals surface area contributed by atoms with Gasteiger partial charge in [0.05, 0.1) is 12.5 Å². The lowest BCUT2D eigenvalue weighted by Gasteiger charge is -2.43. The quantitative estimate of drug-likeness (QED) is 0.632. The molecule has 32 heavy (non-hydrogen) atoms. The number of nitrogens with zero attached hydrogens (tertiary/aromatic N) is 3. The number of hydrogen-bond donors (Lipinski definition) is 0. The number of amides is 2. The number of rotatable bonds is 5. The number of carbonyl (C=O) groups excluding carboxylic acids is 2. The fraction of sp³-hybridized carbons (Fsp3) is 0.760. The first-order chi connectivity index (χ1) is 15.5. The van der Waals surface area contributed by atoms with E-state index in [4.69, 9.17) is 4.74 Å². The summed E-state index contributed by atoms with van der Waals surface area (Å²) < 4.78 is 19.2. The summed E-state index contributed by atoms with van der Waals surface area (Å²) in [6.45, 7) is 7.80. The number of carbonyl (C=O) groups is 2. The molecule has 6 nitrogen and oxygen atoms in total. The standard InChI is InChI=1S/C25H38FN3O3/c1-3-5-22-21-8-6-18(26)7-9-23(21)29(24(22)30)20-12-14-27(15-13-20)19-10-16-28(17-11-19)25(31)32-4-2/h7,9,18-20,22H,3-6,8,10-17H2,1-2H3. The molecule has 0 radical (unpaired) electrons. The van der Waals surface area contributed by atoms with Crippen LogP contribution in [-0.4, -0.2) is 77.7 Å². The Morgan fingerprint density at radius 2 is 1.75 bits per heavy atom. The van der Waals surface area contributed by atoms with Crippen LogP contribution in [0.1, 0.15) is 65.2 Å². The monoisotopic (exact) mass is 447 g/mol. The molecule has 0 N–H and O–H groups in total. The number of alkyl halides is 1. The number of allylic oxidation sites excluding steroid dienone is 2. The molecule has 3 aliphatic heterocycles. The molecular weight excluding hydrogens is 409 g/mol. The third kappa shape index (κ3) is 4.73. The maximum Gasteiger partial charge on any atom is 0.409 e. The van der Waals surface area contributed by atoms with Gasteiger partial charge < -0.3 is 19.4 Å². The van der Waals surface area contributed by atoms with Crippen LogP contribution < -0.4 is 0 Å². The Bertz CT molecular complexity index is 752. The van der Waals surface area contributed by atoms with Crippen LogP contribution in [-0.2, 0) is 9.53 Å². The molecule has 0 aromatic rings. The van der Waals surface area contributed by atoms with E-state index in [9.17, 15) is 14.0 Å². The van der Waals surface area contributed by atoms with Gasteiger partial charge in [-0.15, -0.1) is 0 Å². The van der Waals surface area contributed by atoms with Crippen molar-refractivity contribution in [1.29, 1.82) is 0 Å². The average Bonchev–Trinajstić information content (AvgIpc) is 2.93. The van der Waals surface area contributed by atoms with E-state index < -0.39 is 6.17 Å². The molecule has 0 aromatic heterocycles. The molecule has 2 amide bonds. The summed E-state index contributed by atoms with van der Waals surface area (Å²) in [5.74, 6) is 0.176. The third-order valence-corrected chi connectivity index (χ3v) is 7.65. The van der Waals surface area contributed by atoms with Crippen molar-refractivity contribution in [3.05, 3.63) is 23.4 Å². The first-order valence-electron chi connectivity index (χ1n) is 12.6. The van der Waals surface area contributed by atoms with Crippen LogP contribution in [0.2, 0.25) is 0 Å². The van der Waals surface area contributed by atoms with Crippen molar-refractivity contribution in [2.24, 2.45) is 5.92 Å². The molecule has 7 heteroatoms. The number of piperidine rings is 2. The largest absolute Gasteiger partial charge is 0.450 e. The zero-order valence-corrected chi connectivity index (χ0v) is 19.6. The average molecular weight is 448 g/mol. The lowest BCUT2D eigenvalue weighted by Crippen LogP contribution is -2.52. The van der Waals surface area contributed by atoms with E-state index in [1.807, 2.05) is 22.8 Å². The maximum absolute atomic E-state index is 14.1. The van der Waals surface area contributed by atoms with Gasteiger partial charge in [-0.1, -0.05) is 13.3 Å². The van der Waals surface area contributed by atoms with E-state index in [0.717, 1.165) is 70.4 Å². The first kappa shape index (κ1) is 23.3. The second kappa shape index (κ2) is 10.4. The van der Waals surface area contributed by atoms with E-state index in [1.54, 1.807) is 6.08 Å². The van der Waals surface area contributed by atoms with Gasteiger partial charge in [0, 0.05) is 44.0 Å². The van der Waals surface area contributed by atoms with Crippen molar-refractivity contribution in [3.8, 4) is 0 Å². The molecule has 0 bridgehead atoms. The SMILES string of the molecule is CCCC1C(=O)N(C2CCN(C3CCN(C(=O)OCC)CC3)CC2)C2=C1CCC(F)C=C2. The van der Waals surface area contributed by atoms with E-state index in [-0.39, 0.29) is 24.0 Å². The zero-order chi connectivity index (χ0) is 22.7. The predicted molar refractivity (Wildman–Crippen MR) is 122 cm³/mol. The van der Waals surface area contributed by atoms with Crippen LogP contribution >= 0.6 is 0 Å². The normalized spacial score (nSPS) is 28.3. The summed E-state index contributed by atoms with van der Waals surface area (Å²) in [6, 6.07) is 0.689. The molecule has 0 aromatic carbocycles. The van der Waals surface area contributed by atoms with Crippen molar-refractivity contribution in [3.63, 3.8) is 0 Å². The predicted octanol–water partition coefficient (Wildman–Crippen LogP) is 4.27. The molecule has 4 aliphatic rings. The van der Waals surface area contributed by atoms with Crippen molar-refractivity contribution in [2.75, 3.05) is 32.8 Å². The molecule has 0 saturated carbocycles. The minimum atomic E-state index is -0.915. The third-order valence-electron chi connectivity index (χ3n) is 7.65. The van der Waals surface area contributed by atoms with Crippen LogP contribution in [0, 0.1) is 5.92 Å². The molecule has 178 valence electrons. The maximum atomic E-state index is 14.1. The van der Waals surface area contributed by atoms with Gasteiger partial charge in [-0.25, -0.2) is 9.18 Å². The number of ether oxygens (including phenoxy) is 1. The second-order valence-electron chi connectivity index (χ2n) is 9.56. The summed E-state index contributed by atoms with van der Waals surface area (Å²) in [7, 11) is 0. The Hall–Kier alpha value is -1.89. The van der Waals surface area contributed by atoms with E-state index in [0.29, 0.717) is 25.5 Å². The van der Waals surface area contributed by atoms with E-state index in [1.165, 1.54) is 5.57 Å². The number of hydrogen-bond acceptors (Lipinski definition) is 4. The molecule has 2 atom stereocenters. The highest BCUT2D eigenvalue weighted by molar-refractivity contribution is 5.88. The smallest absolute Gasteiger partial charge is 0.409 e. The Morgan fingerprint density at radius 1 is 1.06 bits per heavy atom. The van der Waals surface area contributed by atoms with Crippen LogP contribution in [0.4, 0.5) is 9.18 Å². The highest BCUT2D eigenvalue weighted by Gasteiger charge is 2.43. The fourth-order valence-corrected chi connectivity index (χ4v) is 5.94. The van der Waals surface area contributed by atoms with E-state index in [2.05, 4.69) is 11.8 Å². The zero-order valence-electron chi connectivity index (χ0n) is 19.6. The fourth-order valence-electron chi connectivity index (χ4n) is 5.94. The lowest BCUT2D eigenvalue weighted by atomic mass is 9.92. The highest BCUT2D eigenvalue weighted by Crippen LogP contribution is 2.41. The summed E-state index contributed by atoms with van der Waals surface area (Å²) >= 11 is 0. The lowest BCUT2D eigenvalue weighted by molar-refractivity contribution is -0.133. The molecular formula is C25H38FN3O3. The first-order valence-corrected chi connectivity index (χ1v) is 12.6. The van der Waals surface area contributed by atoms with Gasteiger partial charge in [0.2, 0.25) is 5.91 Å². The van der Waals surface area contributed by atoms with Crippen molar-refractivity contribution < 1.29 is 18.7 Å². The van der Waals surface area contributed by atoms with Gasteiger partial charge in [-0.05, 0) is 69.6 Å². The minimum Gasteiger partial charge on any atom is -0.450 e.